The van der Waals surface area contributed by atoms with Gasteiger partial charge in [-0.1, -0.05) is 42.5 Å². The molecule has 6 heteroatoms. The lowest BCUT2D eigenvalue weighted by Crippen LogP contribution is -2.40. The van der Waals surface area contributed by atoms with Crippen LogP contribution in [0.2, 0.25) is 0 Å². The number of para-hydroxylation sites is 1. The van der Waals surface area contributed by atoms with E-state index in [4.69, 9.17) is 0 Å². The number of thiazole rings is 1. The van der Waals surface area contributed by atoms with Crippen LogP contribution in [-0.2, 0) is 16.9 Å². The van der Waals surface area contributed by atoms with Crippen LogP contribution in [0.4, 0.5) is 4.79 Å². The summed E-state index contributed by atoms with van der Waals surface area (Å²) in [4.78, 5) is 31.0. The van der Waals surface area contributed by atoms with E-state index in [1.807, 2.05) is 54.6 Å². The summed E-state index contributed by atoms with van der Waals surface area (Å²) < 4.78 is 1.05. The highest BCUT2D eigenvalue weighted by Crippen LogP contribution is 2.31. The van der Waals surface area contributed by atoms with Crippen molar-refractivity contribution in [2.45, 2.75) is 19.0 Å². The first-order valence-electron chi connectivity index (χ1n) is 7.62. The summed E-state index contributed by atoms with van der Waals surface area (Å²) in [5, 5.41) is 3.56. The molecule has 3 aromatic rings. The lowest BCUT2D eigenvalue weighted by molar-refractivity contribution is -0.131. The van der Waals surface area contributed by atoms with Crippen molar-refractivity contribution >= 4 is 33.5 Å². The average Bonchev–Trinajstić information content (AvgIpc) is 3.10. The molecule has 3 amide bonds. The minimum atomic E-state index is -1.03. The molecule has 1 fully saturated rings. The zero-order valence-corrected chi connectivity index (χ0v) is 13.8. The molecule has 0 bridgehead atoms. The molecule has 2 heterocycles. The van der Waals surface area contributed by atoms with Crippen LogP contribution in [0.15, 0.2) is 54.6 Å². The van der Waals surface area contributed by atoms with Gasteiger partial charge in [-0.3, -0.25) is 9.69 Å². The monoisotopic (exact) mass is 337 g/mol. The average molecular weight is 337 g/mol. The SMILES string of the molecule is CC1(c2ccccc2)NC(=O)N(Cc2nc3ccccc3s2)C1=O. The van der Waals surface area contributed by atoms with Crippen molar-refractivity contribution in [1.29, 1.82) is 0 Å². The van der Waals surface area contributed by atoms with Crippen LogP contribution in [0.1, 0.15) is 17.5 Å². The van der Waals surface area contributed by atoms with Gasteiger partial charge >= 0.3 is 6.03 Å². The number of benzene rings is 2. The fourth-order valence-electron chi connectivity index (χ4n) is 2.93. The Morgan fingerprint density at radius 1 is 1.08 bits per heavy atom. The molecule has 1 N–H and O–H groups in total. The number of hydrogen-bond acceptors (Lipinski definition) is 4. The molecule has 5 nitrogen and oxygen atoms in total. The van der Waals surface area contributed by atoms with Crippen molar-refractivity contribution in [3.05, 3.63) is 65.2 Å². The Bertz CT molecular complexity index is 905. The molecule has 2 aromatic carbocycles. The lowest BCUT2D eigenvalue weighted by Gasteiger charge is -2.21. The second-order valence-corrected chi connectivity index (χ2v) is 7.00. The van der Waals surface area contributed by atoms with Crippen molar-refractivity contribution in [2.24, 2.45) is 0 Å². The standard InChI is InChI=1S/C18H15N3O2S/c1-18(12-7-3-2-4-8-12)16(22)21(17(23)20-18)11-15-19-13-9-5-6-10-14(13)24-15/h2-10H,11H2,1H3,(H,20,23). The highest BCUT2D eigenvalue weighted by molar-refractivity contribution is 7.18. The van der Waals surface area contributed by atoms with Gasteiger partial charge in [0.15, 0.2) is 0 Å². The molecule has 1 aliphatic heterocycles. The van der Waals surface area contributed by atoms with Gasteiger partial charge in [-0.25, -0.2) is 9.78 Å². The maximum Gasteiger partial charge on any atom is 0.325 e. The Labute approximate surface area is 142 Å². The third-order valence-electron chi connectivity index (χ3n) is 4.26. The molecule has 1 saturated heterocycles. The summed E-state index contributed by atoms with van der Waals surface area (Å²) in [5.41, 5.74) is 0.625. The Hall–Kier alpha value is -2.73. The number of carbonyl (C=O) groups is 2. The number of rotatable bonds is 3. The van der Waals surface area contributed by atoms with Crippen molar-refractivity contribution in [1.82, 2.24) is 15.2 Å². The van der Waals surface area contributed by atoms with E-state index in [1.165, 1.54) is 16.2 Å². The molecule has 0 aliphatic carbocycles. The minimum Gasteiger partial charge on any atom is -0.319 e. The molecule has 1 aliphatic rings. The number of nitrogens with zero attached hydrogens (tertiary/aromatic N) is 2. The van der Waals surface area contributed by atoms with E-state index in [9.17, 15) is 9.59 Å². The van der Waals surface area contributed by atoms with Gasteiger partial charge in [0.2, 0.25) is 0 Å². The van der Waals surface area contributed by atoms with E-state index in [-0.39, 0.29) is 18.5 Å². The highest BCUT2D eigenvalue weighted by atomic mass is 32.1. The van der Waals surface area contributed by atoms with Crippen LogP contribution in [0.5, 0.6) is 0 Å². The quantitative estimate of drug-likeness (QED) is 0.746. The first-order chi connectivity index (χ1) is 11.6. The van der Waals surface area contributed by atoms with Crippen LogP contribution in [0.25, 0.3) is 10.2 Å². The minimum absolute atomic E-state index is 0.187. The van der Waals surface area contributed by atoms with E-state index >= 15 is 0 Å². The van der Waals surface area contributed by atoms with Gasteiger partial charge in [-0.2, -0.15) is 0 Å². The summed E-state index contributed by atoms with van der Waals surface area (Å²) >= 11 is 1.50. The summed E-state index contributed by atoms with van der Waals surface area (Å²) in [6.45, 7) is 1.92. The molecular formula is C18H15N3O2S. The Kier molecular flexibility index (Phi) is 3.35. The van der Waals surface area contributed by atoms with Gasteiger partial charge in [-0.05, 0) is 24.6 Å². The van der Waals surface area contributed by atoms with Crippen LogP contribution in [-0.4, -0.2) is 21.8 Å². The van der Waals surface area contributed by atoms with Crippen molar-refractivity contribution in [2.75, 3.05) is 0 Å². The van der Waals surface area contributed by atoms with E-state index in [2.05, 4.69) is 10.3 Å². The van der Waals surface area contributed by atoms with Gasteiger partial charge in [-0.15, -0.1) is 11.3 Å². The van der Waals surface area contributed by atoms with Gasteiger partial charge < -0.3 is 5.32 Å². The summed E-state index contributed by atoms with van der Waals surface area (Å²) in [6.07, 6.45) is 0. The Balaban J connectivity index is 1.64. The second kappa shape index (κ2) is 5.42. The maximum atomic E-state index is 12.9. The summed E-state index contributed by atoms with van der Waals surface area (Å²) in [6, 6.07) is 16.7. The summed E-state index contributed by atoms with van der Waals surface area (Å²) in [5.74, 6) is -0.252. The molecule has 0 spiro atoms. The molecule has 4 rings (SSSR count). The largest absolute Gasteiger partial charge is 0.325 e. The van der Waals surface area contributed by atoms with Crippen LogP contribution in [0, 0.1) is 0 Å². The molecule has 0 radical (unpaired) electrons. The number of fused-ring (bicyclic) bond motifs is 1. The normalized spacial score (nSPS) is 20.6. The lowest BCUT2D eigenvalue weighted by atomic mass is 9.92. The molecule has 1 aromatic heterocycles. The van der Waals surface area contributed by atoms with Crippen molar-refractivity contribution < 1.29 is 9.59 Å². The topological polar surface area (TPSA) is 62.3 Å². The number of hydrogen-bond donors (Lipinski definition) is 1. The van der Waals surface area contributed by atoms with Crippen LogP contribution >= 0.6 is 11.3 Å². The zero-order chi connectivity index (χ0) is 16.7. The maximum absolute atomic E-state index is 12.9. The van der Waals surface area contributed by atoms with Gasteiger partial charge in [0.25, 0.3) is 5.91 Å². The van der Waals surface area contributed by atoms with Crippen LogP contribution < -0.4 is 5.32 Å². The highest BCUT2D eigenvalue weighted by Gasteiger charge is 2.49. The first-order valence-corrected chi connectivity index (χ1v) is 8.44. The third kappa shape index (κ3) is 2.27. The van der Waals surface area contributed by atoms with E-state index < -0.39 is 5.54 Å². The number of aromatic nitrogens is 1. The first kappa shape index (κ1) is 14.8. The van der Waals surface area contributed by atoms with E-state index in [0.29, 0.717) is 0 Å². The van der Waals surface area contributed by atoms with Crippen LogP contribution in [0.3, 0.4) is 0 Å². The molecule has 24 heavy (non-hydrogen) atoms. The number of nitrogens with one attached hydrogen (secondary N) is 1. The van der Waals surface area contributed by atoms with Crippen molar-refractivity contribution in [3.8, 4) is 0 Å². The molecule has 1 atom stereocenters. The van der Waals surface area contributed by atoms with Gasteiger partial charge in [0, 0.05) is 0 Å². The summed E-state index contributed by atoms with van der Waals surface area (Å²) in [7, 11) is 0. The Morgan fingerprint density at radius 2 is 1.79 bits per heavy atom. The smallest absolute Gasteiger partial charge is 0.319 e. The molecule has 120 valence electrons. The molecule has 0 saturated carbocycles. The fourth-order valence-corrected chi connectivity index (χ4v) is 3.89. The predicted molar refractivity (Wildman–Crippen MR) is 92.5 cm³/mol. The third-order valence-corrected chi connectivity index (χ3v) is 5.28. The predicted octanol–water partition coefficient (Wildman–Crippen LogP) is 3.26. The molecule has 1 unspecified atom stereocenters. The second-order valence-electron chi connectivity index (χ2n) is 5.89. The van der Waals surface area contributed by atoms with E-state index in [0.717, 1.165) is 20.8 Å². The fraction of sp³-hybridized carbons (Fsp3) is 0.167. The van der Waals surface area contributed by atoms with Crippen molar-refractivity contribution in [3.63, 3.8) is 0 Å². The Morgan fingerprint density at radius 3 is 2.54 bits per heavy atom. The van der Waals surface area contributed by atoms with Gasteiger partial charge in [0.05, 0.1) is 16.8 Å². The van der Waals surface area contributed by atoms with Gasteiger partial charge in [0.1, 0.15) is 10.5 Å². The number of carbonyl (C=O) groups excluding carboxylic acids is 2. The number of urea groups is 1. The van der Waals surface area contributed by atoms with E-state index in [1.54, 1.807) is 6.92 Å². The molecular weight excluding hydrogens is 322 g/mol. The zero-order valence-electron chi connectivity index (χ0n) is 13.0. The number of amides is 3. The number of imide groups is 1.